The molecule has 2 rings (SSSR count). The average molecular weight is 335 g/mol. The molecule has 3 N–H and O–H groups in total. The lowest BCUT2D eigenvalue weighted by atomic mass is 10.1. The monoisotopic (exact) mass is 334 g/mol. The molecule has 0 aromatic heterocycles. The molecule has 5 heteroatoms. The summed E-state index contributed by atoms with van der Waals surface area (Å²) in [5.41, 5.74) is 8.34. The van der Waals surface area contributed by atoms with Crippen LogP contribution in [0.1, 0.15) is 24.0 Å². The number of halogens is 1. The number of nitrogens with two attached hydrogens (primary N) is 1. The fraction of sp³-hybridized carbons (Fsp3) is 0.278. The standard InChI is InChI=1S/C18H22N2O2.ClH/c1-14-15(13-22-16-8-3-2-4-9-16)7-5-10-17(14)20-18(21)11-6-12-19;/h2-5,7-10H,6,11-13,19H2,1H3,(H,20,21);1H. The fourth-order valence-electron chi connectivity index (χ4n) is 2.13. The predicted octanol–water partition coefficient (Wildman–Crippen LogP) is 3.67. The van der Waals surface area contributed by atoms with Gasteiger partial charge in [0.15, 0.2) is 0 Å². The van der Waals surface area contributed by atoms with Crippen molar-refractivity contribution in [2.45, 2.75) is 26.4 Å². The molecule has 2 aromatic carbocycles. The van der Waals surface area contributed by atoms with E-state index in [1.54, 1.807) is 0 Å². The highest BCUT2D eigenvalue weighted by Gasteiger charge is 2.08. The lowest BCUT2D eigenvalue weighted by molar-refractivity contribution is -0.116. The average Bonchev–Trinajstić information content (AvgIpc) is 2.55. The number of carbonyl (C=O) groups excluding carboxylic acids is 1. The molecule has 0 atom stereocenters. The van der Waals surface area contributed by atoms with Crippen molar-refractivity contribution in [1.82, 2.24) is 0 Å². The highest BCUT2D eigenvalue weighted by molar-refractivity contribution is 5.91. The van der Waals surface area contributed by atoms with Crippen LogP contribution in [0.3, 0.4) is 0 Å². The van der Waals surface area contributed by atoms with Gasteiger partial charge >= 0.3 is 0 Å². The molecule has 23 heavy (non-hydrogen) atoms. The number of anilines is 1. The molecule has 0 saturated heterocycles. The van der Waals surface area contributed by atoms with Gasteiger partial charge in [-0.15, -0.1) is 12.4 Å². The molecule has 124 valence electrons. The van der Waals surface area contributed by atoms with Crippen LogP contribution in [0.2, 0.25) is 0 Å². The maximum Gasteiger partial charge on any atom is 0.224 e. The molecule has 0 aliphatic carbocycles. The Morgan fingerprint density at radius 2 is 1.87 bits per heavy atom. The van der Waals surface area contributed by atoms with Gasteiger partial charge in [-0.3, -0.25) is 4.79 Å². The van der Waals surface area contributed by atoms with E-state index in [-0.39, 0.29) is 18.3 Å². The maximum atomic E-state index is 11.8. The van der Waals surface area contributed by atoms with Gasteiger partial charge in [-0.05, 0) is 49.2 Å². The van der Waals surface area contributed by atoms with Gasteiger partial charge in [-0.25, -0.2) is 0 Å². The second-order valence-electron chi connectivity index (χ2n) is 5.13. The number of para-hydroxylation sites is 1. The first kappa shape index (κ1) is 19.0. The molecule has 0 aliphatic rings. The molecular weight excluding hydrogens is 312 g/mol. The number of benzene rings is 2. The Labute approximate surface area is 143 Å². The molecule has 0 aliphatic heterocycles. The van der Waals surface area contributed by atoms with E-state index < -0.39 is 0 Å². The molecule has 2 aromatic rings. The van der Waals surface area contributed by atoms with Crippen molar-refractivity contribution in [1.29, 1.82) is 0 Å². The van der Waals surface area contributed by atoms with Crippen LogP contribution in [0, 0.1) is 6.92 Å². The van der Waals surface area contributed by atoms with E-state index in [4.69, 9.17) is 10.5 Å². The quantitative estimate of drug-likeness (QED) is 0.812. The normalized spacial score (nSPS) is 9.83. The minimum absolute atomic E-state index is 0. The first-order valence-electron chi connectivity index (χ1n) is 7.47. The summed E-state index contributed by atoms with van der Waals surface area (Å²) in [5.74, 6) is 0.828. The number of rotatable bonds is 7. The molecule has 0 saturated carbocycles. The number of hydrogen-bond acceptors (Lipinski definition) is 3. The van der Waals surface area contributed by atoms with Gasteiger partial charge in [0, 0.05) is 12.1 Å². The Bertz CT molecular complexity index is 618. The van der Waals surface area contributed by atoms with Gasteiger partial charge in [0.25, 0.3) is 0 Å². The largest absolute Gasteiger partial charge is 0.489 e. The Morgan fingerprint density at radius 3 is 2.57 bits per heavy atom. The summed E-state index contributed by atoms with van der Waals surface area (Å²) in [6.07, 6.45) is 1.14. The van der Waals surface area contributed by atoms with Gasteiger partial charge in [0.2, 0.25) is 5.91 Å². The number of ether oxygens (including phenoxy) is 1. The van der Waals surface area contributed by atoms with Gasteiger partial charge in [0.05, 0.1) is 0 Å². The summed E-state index contributed by atoms with van der Waals surface area (Å²) in [7, 11) is 0. The summed E-state index contributed by atoms with van der Waals surface area (Å²) in [4.78, 5) is 11.8. The highest BCUT2D eigenvalue weighted by atomic mass is 35.5. The minimum atomic E-state index is -0.00493. The molecule has 0 unspecified atom stereocenters. The van der Waals surface area contributed by atoms with Gasteiger partial charge < -0.3 is 15.8 Å². The molecule has 0 spiro atoms. The van der Waals surface area contributed by atoms with Crippen LogP contribution in [0.15, 0.2) is 48.5 Å². The Morgan fingerprint density at radius 1 is 1.13 bits per heavy atom. The summed E-state index contributed by atoms with van der Waals surface area (Å²) in [5, 5.41) is 2.93. The number of carbonyl (C=O) groups is 1. The van der Waals surface area contributed by atoms with Crippen molar-refractivity contribution in [3.05, 3.63) is 59.7 Å². The zero-order valence-electron chi connectivity index (χ0n) is 13.2. The smallest absolute Gasteiger partial charge is 0.224 e. The van der Waals surface area contributed by atoms with Crippen molar-refractivity contribution in [3.8, 4) is 5.75 Å². The van der Waals surface area contributed by atoms with Crippen LogP contribution in [-0.2, 0) is 11.4 Å². The van der Waals surface area contributed by atoms with Crippen LogP contribution in [-0.4, -0.2) is 12.5 Å². The Kier molecular flexibility index (Phi) is 8.16. The van der Waals surface area contributed by atoms with E-state index in [1.165, 1.54) is 0 Å². The van der Waals surface area contributed by atoms with Crippen molar-refractivity contribution >= 4 is 24.0 Å². The molecule has 0 bridgehead atoms. The summed E-state index contributed by atoms with van der Waals surface area (Å²) in [6.45, 7) is 2.99. The van der Waals surface area contributed by atoms with Crippen LogP contribution in [0.25, 0.3) is 0 Å². The highest BCUT2D eigenvalue weighted by Crippen LogP contribution is 2.21. The number of hydrogen-bond donors (Lipinski definition) is 2. The Hall–Kier alpha value is -2.04. The second-order valence-corrected chi connectivity index (χ2v) is 5.13. The molecule has 0 fully saturated rings. The predicted molar refractivity (Wildman–Crippen MR) is 96.1 cm³/mol. The van der Waals surface area contributed by atoms with Crippen LogP contribution in [0.4, 0.5) is 5.69 Å². The van der Waals surface area contributed by atoms with E-state index in [9.17, 15) is 4.79 Å². The van der Waals surface area contributed by atoms with E-state index in [1.807, 2.05) is 55.5 Å². The van der Waals surface area contributed by atoms with Crippen molar-refractivity contribution < 1.29 is 9.53 Å². The lowest BCUT2D eigenvalue weighted by Crippen LogP contribution is -2.14. The fourth-order valence-corrected chi connectivity index (χ4v) is 2.13. The second kappa shape index (κ2) is 9.87. The number of nitrogens with one attached hydrogen (secondary N) is 1. The summed E-state index contributed by atoms with van der Waals surface area (Å²) in [6, 6.07) is 15.5. The zero-order valence-corrected chi connectivity index (χ0v) is 14.1. The van der Waals surface area contributed by atoms with Crippen LogP contribution in [0.5, 0.6) is 5.75 Å². The molecular formula is C18H23ClN2O2. The minimum Gasteiger partial charge on any atom is -0.489 e. The molecule has 1 amide bonds. The summed E-state index contributed by atoms with van der Waals surface area (Å²) >= 11 is 0. The van der Waals surface area contributed by atoms with Crippen molar-refractivity contribution in [3.63, 3.8) is 0 Å². The van der Waals surface area contributed by atoms with E-state index in [0.717, 1.165) is 22.6 Å². The molecule has 4 nitrogen and oxygen atoms in total. The van der Waals surface area contributed by atoms with Crippen molar-refractivity contribution in [2.24, 2.45) is 5.73 Å². The SMILES string of the molecule is Cc1c(COc2ccccc2)cccc1NC(=O)CCCN.Cl. The first-order chi connectivity index (χ1) is 10.7. The molecule has 0 heterocycles. The van der Waals surface area contributed by atoms with Crippen LogP contribution >= 0.6 is 12.4 Å². The topological polar surface area (TPSA) is 64.3 Å². The van der Waals surface area contributed by atoms with Gasteiger partial charge in [-0.2, -0.15) is 0 Å². The first-order valence-corrected chi connectivity index (χ1v) is 7.47. The van der Waals surface area contributed by atoms with E-state index in [0.29, 0.717) is 26.0 Å². The van der Waals surface area contributed by atoms with Crippen molar-refractivity contribution in [2.75, 3.05) is 11.9 Å². The maximum absolute atomic E-state index is 11.8. The van der Waals surface area contributed by atoms with E-state index in [2.05, 4.69) is 5.32 Å². The lowest BCUT2D eigenvalue weighted by Gasteiger charge is -2.13. The third-order valence-corrected chi connectivity index (χ3v) is 3.47. The third kappa shape index (κ3) is 5.93. The van der Waals surface area contributed by atoms with Crippen LogP contribution < -0.4 is 15.8 Å². The number of amides is 1. The molecule has 0 radical (unpaired) electrons. The van der Waals surface area contributed by atoms with Gasteiger partial charge in [-0.1, -0.05) is 30.3 Å². The summed E-state index contributed by atoms with van der Waals surface area (Å²) < 4.78 is 5.77. The van der Waals surface area contributed by atoms with Gasteiger partial charge in [0.1, 0.15) is 12.4 Å². The Balaban J connectivity index is 0.00000264. The zero-order chi connectivity index (χ0) is 15.8. The third-order valence-electron chi connectivity index (χ3n) is 3.47. The van der Waals surface area contributed by atoms with E-state index >= 15 is 0 Å².